The molecular formula is C15H23ClN2O4S. The Kier molecular flexibility index (Phi) is 6.44. The zero-order chi connectivity index (χ0) is 16.4. The Morgan fingerprint density at radius 3 is 2.35 bits per heavy atom. The molecule has 2 rings (SSSR count). The van der Waals surface area contributed by atoms with E-state index in [0.29, 0.717) is 25.3 Å². The molecule has 23 heavy (non-hydrogen) atoms. The summed E-state index contributed by atoms with van der Waals surface area (Å²) in [6.07, 6.45) is 3.38. The van der Waals surface area contributed by atoms with E-state index in [2.05, 4.69) is 0 Å². The Labute approximate surface area is 143 Å². The molecular weight excluding hydrogens is 340 g/mol. The summed E-state index contributed by atoms with van der Waals surface area (Å²) in [5.41, 5.74) is 5.24. The van der Waals surface area contributed by atoms with E-state index in [-0.39, 0.29) is 23.2 Å². The molecule has 0 atom stereocenters. The van der Waals surface area contributed by atoms with Crippen molar-refractivity contribution in [3.05, 3.63) is 24.3 Å². The van der Waals surface area contributed by atoms with Gasteiger partial charge in [-0.25, -0.2) is 8.42 Å². The average molecular weight is 363 g/mol. The van der Waals surface area contributed by atoms with Crippen molar-refractivity contribution < 1.29 is 17.9 Å². The minimum absolute atomic E-state index is 0. The normalized spacial score (nSPS) is 15.4. The summed E-state index contributed by atoms with van der Waals surface area (Å²) in [7, 11) is -1.44. The minimum atomic E-state index is -3.19. The summed E-state index contributed by atoms with van der Waals surface area (Å²) < 4.78 is 28.2. The van der Waals surface area contributed by atoms with E-state index >= 15 is 0 Å². The van der Waals surface area contributed by atoms with Crippen molar-refractivity contribution >= 4 is 28.2 Å². The third-order valence-corrected chi connectivity index (χ3v) is 4.85. The molecule has 0 unspecified atom stereocenters. The molecule has 1 saturated carbocycles. The van der Waals surface area contributed by atoms with Crippen LogP contribution in [0.5, 0.6) is 5.75 Å². The summed E-state index contributed by atoms with van der Waals surface area (Å²) >= 11 is 0. The molecule has 1 aliphatic rings. The van der Waals surface area contributed by atoms with E-state index in [1.165, 1.54) is 18.4 Å². The van der Waals surface area contributed by atoms with E-state index in [1.807, 2.05) is 0 Å². The average Bonchev–Trinajstić information content (AvgIpc) is 3.21. The Balaban J connectivity index is 0.00000264. The van der Waals surface area contributed by atoms with Crippen LogP contribution >= 0.6 is 12.4 Å². The van der Waals surface area contributed by atoms with Crippen LogP contribution < -0.4 is 10.5 Å². The maximum atomic E-state index is 11.9. The highest BCUT2D eigenvalue weighted by Gasteiger charge is 2.47. The number of nitrogens with two attached hydrogens (primary N) is 1. The number of sulfone groups is 1. The zero-order valence-electron chi connectivity index (χ0n) is 13.3. The van der Waals surface area contributed by atoms with Crippen molar-refractivity contribution in [3.63, 3.8) is 0 Å². The fourth-order valence-electron chi connectivity index (χ4n) is 2.10. The lowest BCUT2D eigenvalue weighted by Gasteiger charge is -2.20. The van der Waals surface area contributed by atoms with Gasteiger partial charge in [0.25, 0.3) is 0 Å². The standard InChI is InChI=1S/C15H22N2O4S.ClH/c1-17(14(18)15(16)8-9-15)10-3-11-21-12-4-6-13(7-5-12)22(2,19)20;/h4-7H,3,8-11,16H2,1-2H3;1H. The highest BCUT2D eigenvalue weighted by molar-refractivity contribution is 7.90. The van der Waals surface area contributed by atoms with E-state index in [9.17, 15) is 13.2 Å². The fourth-order valence-corrected chi connectivity index (χ4v) is 2.74. The Hall–Kier alpha value is -1.31. The molecule has 8 heteroatoms. The van der Waals surface area contributed by atoms with Gasteiger partial charge >= 0.3 is 0 Å². The van der Waals surface area contributed by atoms with Crippen LogP contribution in [0.1, 0.15) is 19.3 Å². The second-order valence-corrected chi connectivity index (χ2v) is 7.84. The number of likely N-dealkylation sites (N-methyl/N-ethyl adjacent to an activating group) is 1. The van der Waals surface area contributed by atoms with E-state index < -0.39 is 15.4 Å². The van der Waals surface area contributed by atoms with Gasteiger partial charge in [0.1, 0.15) is 5.75 Å². The summed E-state index contributed by atoms with van der Waals surface area (Å²) in [6, 6.07) is 6.30. The molecule has 1 aromatic rings. The molecule has 0 saturated heterocycles. The van der Waals surface area contributed by atoms with Crippen LogP contribution in [0.2, 0.25) is 0 Å². The van der Waals surface area contributed by atoms with Gasteiger partial charge in [-0.05, 0) is 43.5 Å². The number of benzene rings is 1. The lowest BCUT2D eigenvalue weighted by atomic mass is 10.2. The van der Waals surface area contributed by atoms with Crippen LogP contribution in [0.25, 0.3) is 0 Å². The summed E-state index contributed by atoms with van der Waals surface area (Å²) in [6.45, 7) is 1.03. The van der Waals surface area contributed by atoms with Gasteiger partial charge in [-0.15, -0.1) is 12.4 Å². The van der Waals surface area contributed by atoms with Gasteiger partial charge in [-0.3, -0.25) is 4.79 Å². The number of amides is 1. The van der Waals surface area contributed by atoms with Gasteiger partial charge in [0.2, 0.25) is 5.91 Å². The van der Waals surface area contributed by atoms with Crippen molar-refractivity contribution in [3.8, 4) is 5.75 Å². The first kappa shape index (κ1) is 19.7. The first-order valence-electron chi connectivity index (χ1n) is 7.20. The Bertz CT molecular complexity index is 642. The topological polar surface area (TPSA) is 89.7 Å². The van der Waals surface area contributed by atoms with Crippen molar-refractivity contribution in [1.29, 1.82) is 0 Å². The molecule has 1 aromatic carbocycles. The molecule has 1 fully saturated rings. The third-order valence-electron chi connectivity index (χ3n) is 3.72. The number of hydrogen-bond donors (Lipinski definition) is 1. The highest BCUT2D eigenvalue weighted by Crippen LogP contribution is 2.33. The molecule has 0 radical (unpaired) electrons. The lowest BCUT2D eigenvalue weighted by Crippen LogP contribution is -2.44. The van der Waals surface area contributed by atoms with Gasteiger partial charge in [0.15, 0.2) is 9.84 Å². The van der Waals surface area contributed by atoms with Gasteiger partial charge < -0.3 is 15.4 Å². The van der Waals surface area contributed by atoms with Crippen LogP contribution in [0.4, 0.5) is 0 Å². The predicted molar refractivity (Wildman–Crippen MR) is 90.7 cm³/mol. The Morgan fingerprint density at radius 2 is 1.87 bits per heavy atom. The van der Waals surface area contributed by atoms with Crippen LogP contribution in [-0.2, 0) is 14.6 Å². The Morgan fingerprint density at radius 1 is 1.30 bits per heavy atom. The zero-order valence-corrected chi connectivity index (χ0v) is 15.0. The number of carbonyl (C=O) groups excluding carboxylic acids is 1. The monoisotopic (exact) mass is 362 g/mol. The smallest absolute Gasteiger partial charge is 0.242 e. The van der Waals surface area contributed by atoms with Crippen molar-refractivity contribution in [2.24, 2.45) is 5.73 Å². The SMILES string of the molecule is CN(CCCOc1ccc(S(C)(=O)=O)cc1)C(=O)C1(N)CC1.Cl. The summed E-state index contributed by atoms with van der Waals surface area (Å²) in [5.74, 6) is 0.601. The minimum Gasteiger partial charge on any atom is -0.494 e. The molecule has 1 amide bonds. The highest BCUT2D eigenvalue weighted by atomic mass is 35.5. The molecule has 2 N–H and O–H groups in total. The number of halogens is 1. The van der Waals surface area contributed by atoms with Crippen LogP contribution in [-0.4, -0.2) is 51.2 Å². The van der Waals surface area contributed by atoms with Gasteiger partial charge in [-0.2, -0.15) is 0 Å². The number of carbonyl (C=O) groups is 1. The first-order valence-corrected chi connectivity index (χ1v) is 9.09. The van der Waals surface area contributed by atoms with E-state index in [1.54, 1.807) is 24.1 Å². The molecule has 0 heterocycles. The molecule has 6 nitrogen and oxygen atoms in total. The van der Waals surface area contributed by atoms with E-state index in [0.717, 1.165) is 12.8 Å². The molecule has 0 aromatic heterocycles. The van der Waals surface area contributed by atoms with Crippen molar-refractivity contribution in [1.82, 2.24) is 4.90 Å². The number of nitrogens with zero attached hydrogens (tertiary/aromatic N) is 1. The van der Waals surface area contributed by atoms with Gasteiger partial charge in [-0.1, -0.05) is 0 Å². The molecule has 0 aliphatic heterocycles. The van der Waals surface area contributed by atoms with Gasteiger partial charge in [0.05, 0.1) is 17.0 Å². The van der Waals surface area contributed by atoms with Crippen LogP contribution in [0, 0.1) is 0 Å². The predicted octanol–water partition coefficient (Wildman–Crippen LogP) is 1.23. The largest absolute Gasteiger partial charge is 0.494 e. The van der Waals surface area contributed by atoms with Crippen molar-refractivity contribution in [2.75, 3.05) is 26.5 Å². The molecule has 0 bridgehead atoms. The second-order valence-electron chi connectivity index (χ2n) is 5.83. The summed E-state index contributed by atoms with van der Waals surface area (Å²) in [4.78, 5) is 13.8. The molecule has 1 aliphatic carbocycles. The van der Waals surface area contributed by atoms with Gasteiger partial charge in [0, 0.05) is 19.8 Å². The lowest BCUT2D eigenvalue weighted by molar-refractivity contribution is -0.132. The van der Waals surface area contributed by atoms with Crippen LogP contribution in [0.15, 0.2) is 29.2 Å². The summed E-state index contributed by atoms with van der Waals surface area (Å²) in [5, 5.41) is 0. The first-order chi connectivity index (χ1) is 10.2. The molecule has 130 valence electrons. The second kappa shape index (κ2) is 7.51. The van der Waals surface area contributed by atoms with Crippen molar-refractivity contribution in [2.45, 2.75) is 29.7 Å². The molecule has 0 spiro atoms. The quantitative estimate of drug-likeness (QED) is 0.737. The number of hydrogen-bond acceptors (Lipinski definition) is 5. The fraction of sp³-hybridized carbons (Fsp3) is 0.533. The van der Waals surface area contributed by atoms with E-state index in [4.69, 9.17) is 10.5 Å². The third kappa shape index (κ3) is 5.37. The number of rotatable bonds is 7. The maximum absolute atomic E-state index is 11.9. The maximum Gasteiger partial charge on any atom is 0.242 e. The number of ether oxygens (including phenoxy) is 1. The van der Waals surface area contributed by atoms with Crippen LogP contribution in [0.3, 0.4) is 0 Å².